The summed E-state index contributed by atoms with van der Waals surface area (Å²) in [6.07, 6.45) is 9.01. The Bertz CT molecular complexity index is 1380. The number of hydrogen-bond donors (Lipinski definition) is 0. The number of fused-ring (bicyclic) bond motifs is 1. The molecule has 0 saturated carbocycles. The van der Waals surface area contributed by atoms with Crippen LogP contribution in [0.5, 0.6) is 0 Å². The molecule has 4 nitrogen and oxygen atoms in total. The van der Waals surface area contributed by atoms with Gasteiger partial charge in [-0.15, -0.1) is 11.3 Å². The summed E-state index contributed by atoms with van der Waals surface area (Å²) in [7, 11) is 0. The third-order valence-electron chi connectivity index (χ3n) is 5.83. The minimum Gasteiger partial charge on any atom is -0.255 e. The van der Waals surface area contributed by atoms with Gasteiger partial charge in [-0.2, -0.15) is 0 Å². The van der Waals surface area contributed by atoms with Crippen molar-refractivity contribution in [2.45, 2.75) is 19.3 Å². The van der Waals surface area contributed by atoms with Crippen LogP contribution >= 0.6 is 11.3 Å². The summed E-state index contributed by atoms with van der Waals surface area (Å²) in [5.74, 6) is 0. The number of pyridine rings is 4. The minimum atomic E-state index is 0.895. The Labute approximate surface area is 190 Å². The molecule has 0 bridgehead atoms. The van der Waals surface area contributed by atoms with Crippen LogP contribution in [0.2, 0.25) is 0 Å². The summed E-state index contributed by atoms with van der Waals surface area (Å²) in [5.41, 5.74) is 8.70. The highest BCUT2D eigenvalue weighted by atomic mass is 32.1. The molecular weight excluding hydrogens is 412 g/mol. The summed E-state index contributed by atoms with van der Waals surface area (Å²) < 4.78 is 0. The SMILES string of the molecule is c1ccc(-c2ccc(-c3sc(-c4cccc(-c5ccccn5)n4)c4c3CCC4)cn2)nc1. The maximum Gasteiger partial charge on any atom is 0.0894 e. The van der Waals surface area contributed by atoms with Crippen molar-refractivity contribution in [2.24, 2.45) is 0 Å². The van der Waals surface area contributed by atoms with Gasteiger partial charge in [-0.3, -0.25) is 15.0 Å². The van der Waals surface area contributed by atoms with Gasteiger partial charge < -0.3 is 0 Å². The van der Waals surface area contributed by atoms with Gasteiger partial charge >= 0.3 is 0 Å². The molecule has 32 heavy (non-hydrogen) atoms. The summed E-state index contributed by atoms with van der Waals surface area (Å²) in [5, 5.41) is 0. The molecule has 0 amide bonds. The highest BCUT2D eigenvalue weighted by molar-refractivity contribution is 7.19. The van der Waals surface area contributed by atoms with Crippen LogP contribution in [-0.4, -0.2) is 19.9 Å². The van der Waals surface area contributed by atoms with E-state index in [-0.39, 0.29) is 0 Å². The lowest BCUT2D eigenvalue weighted by Gasteiger charge is -2.04. The lowest BCUT2D eigenvalue weighted by Crippen LogP contribution is -1.90. The molecule has 154 valence electrons. The van der Waals surface area contributed by atoms with E-state index in [0.717, 1.165) is 41.3 Å². The molecule has 0 N–H and O–H groups in total. The third kappa shape index (κ3) is 3.41. The van der Waals surface area contributed by atoms with Crippen molar-refractivity contribution in [1.82, 2.24) is 19.9 Å². The van der Waals surface area contributed by atoms with Gasteiger partial charge in [0.2, 0.25) is 0 Å². The number of aromatic nitrogens is 4. The Balaban J connectivity index is 1.40. The van der Waals surface area contributed by atoms with Crippen LogP contribution in [0.15, 0.2) is 85.3 Å². The van der Waals surface area contributed by atoms with Gasteiger partial charge in [-0.05, 0) is 78.9 Å². The quantitative estimate of drug-likeness (QED) is 0.326. The zero-order valence-corrected chi connectivity index (χ0v) is 18.2. The van der Waals surface area contributed by atoms with Crippen LogP contribution < -0.4 is 0 Å². The Morgan fingerprint density at radius 2 is 1.22 bits per heavy atom. The van der Waals surface area contributed by atoms with E-state index in [9.17, 15) is 0 Å². The van der Waals surface area contributed by atoms with Crippen LogP contribution in [0.25, 0.3) is 43.8 Å². The molecule has 1 aliphatic rings. The highest BCUT2D eigenvalue weighted by Crippen LogP contribution is 2.46. The van der Waals surface area contributed by atoms with Crippen molar-refractivity contribution in [1.29, 1.82) is 0 Å². The van der Waals surface area contributed by atoms with Gasteiger partial charge in [-0.25, -0.2) is 4.98 Å². The van der Waals surface area contributed by atoms with Crippen molar-refractivity contribution in [3.05, 3.63) is 96.4 Å². The fourth-order valence-electron chi connectivity index (χ4n) is 4.32. The average molecular weight is 433 g/mol. The molecule has 6 rings (SSSR count). The number of thiophene rings is 1. The molecule has 1 aliphatic carbocycles. The van der Waals surface area contributed by atoms with Crippen molar-refractivity contribution < 1.29 is 0 Å². The molecule has 5 heteroatoms. The van der Waals surface area contributed by atoms with Crippen molar-refractivity contribution in [2.75, 3.05) is 0 Å². The van der Waals surface area contributed by atoms with E-state index in [1.54, 1.807) is 6.20 Å². The van der Waals surface area contributed by atoms with Gasteiger partial charge in [0.05, 0.1) is 33.3 Å². The van der Waals surface area contributed by atoms with E-state index in [0.29, 0.717) is 0 Å². The van der Waals surface area contributed by atoms with E-state index < -0.39 is 0 Å². The molecule has 5 aromatic rings. The molecule has 0 aliphatic heterocycles. The summed E-state index contributed by atoms with van der Waals surface area (Å²) in [6, 6.07) is 22.3. The molecule has 0 aromatic carbocycles. The number of nitrogens with zero attached hydrogens (tertiary/aromatic N) is 4. The molecule has 5 heterocycles. The molecule has 0 unspecified atom stereocenters. The standard InChI is InChI=1S/C27H20N4S/c1-3-15-28-21(9-1)23-14-13-18(17-30-23)26-19-7-5-8-20(19)27(32-26)25-12-6-11-24(31-25)22-10-2-4-16-29-22/h1-4,6,9-17H,5,7-8H2. The molecule has 0 radical (unpaired) electrons. The lowest BCUT2D eigenvalue weighted by molar-refractivity contribution is 0.912. The summed E-state index contributed by atoms with van der Waals surface area (Å²) in [4.78, 5) is 21.2. The van der Waals surface area contributed by atoms with Gasteiger partial charge in [0.25, 0.3) is 0 Å². The van der Waals surface area contributed by atoms with Crippen LogP contribution in [0.1, 0.15) is 17.5 Å². The second kappa shape index (κ2) is 8.09. The molecule has 0 atom stereocenters. The van der Waals surface area contributed by atoms with E-state index in [4.69, 9.17) is 9.97 Å². The summed E-state index contributed by atoms with van der Waals surface area (Å²) in [6.45, 7) is 0. The Hall–Kier alpha value is -3.70. The van der Waals surface area contributed by atoms with Gasteiger partial charge in [0, 0.05) is 29.0 Å². The first-order valence-electron chi connectivity index (χ1n) is 10.8. The largest absolute Gasteiger partial charge is 0.255 e. The second-order valence-corrected chi connectivity index (χ2v) is 8.86. The van der Waals surface area contributed by atoms with E-state index in [2.05, 4.69) is 34.2 Å². The molecular formula is C27H20N4S. The van der Waals surface area contributed by atoms with E-state index in [1.807, 2.05) is 66.2 Å². The molecule has 0 saturated heterocycles. The number of hydrogen-bond acceptors (Lipinski definition) is 5. The maximum atomic E-state index is 4.98. The molecule has 5 aromatic heterocycles. The van der Waals surface area contributed by atoms with Gasteiger partial charge in [0.15, 0.2) is 0 Å². The second-order valence-electron chi connectivity index (χ2n) is 7.84. The Kier molecular flexibility index (Phi) is 4.81. The Morgan fingerprint density at radius 1 is 0.562 bits per heavy atom. The summed E-state index contributed by atoms with van der Waals surface area (Å²) >= 11 is 1.84. The fraction of sp³-hybridized carbons (Fsp3) is 0.111. The van der Waals surface area contributed by atoms with Crippen molar-refractivity contribution >= 4 is 11.3 Å². The van der Waals surface area contributed by atoms with Gasteiger partial charge in [-0.1, -0.05) is 18.2 Å². The van der Waals surface area contributed by atoms with Crippen LogP contribution in [0.3, 0.4) is 0 Å². The van der Waals surface area contributed by atoms with E-state index in [1.165, 1.54) is 32.9 Å². The minimum absolute atomic E-state index is 0.895. The number of rotatable bonds is 4. The predicted octanol–water partition coefficient (Wildman–Crippen LogP) is 6.48. The average Bonchev–Trinajstić information content (AvgIpc) is 3.49. The highest BCUT2D eigenvalue weighted by Gasteiger charge is 2.25. The van der Waals surface area contributed by atoms with Crippen LogP contribution in [0, 0.1) is 0 Å². The Morgan fingerprint density at radius 3 is 1.91 bits per heavy atom. The maximum absolute atomic E-state index is 4.98. The van der Waals surface area contributed by atoms with Gasteiger partial charge in [0.1, 0.15) is 0 Å². The normalized spacial score (nSPS) is 12.6. The van der Waals surface area contributed by atoms with Crippen LogP contribution in [-0.2, 0) is 12.8 Å². The first kappa shape index (κ1) is 19.0. The first-order chi connectivity index (χ1) is 15.9. The van der Waals surface area contributed by atoms with Crippen molar-refractivity contribution in [3.63, 3.8) is 0 Å². The fourth-order valence-corrected chi connectivity index (χ4v) is 5.68. The smallest absolute Gasteiger partial charge is 0.0894 e. The monoisotopic (exact) mass is 432 g/mol. The topological polar surface area (TPSA) is 51.6 Å². The van der Waals surface area contributed by atoms with Crippen LogP contribution in [0.4, 0.5) is 0 Å². The third-order valence-corrected chi connectivity index (χ3v) is 7.18. The van der Waals surface area contributed by atoms with E-state index >= 15 is 0 Å². The molecule has 0 spiro atoms. The zero-order chi connectivity index (χ0) is 21.3. The molecule has 0 fully saturated rings. The predicted molar refractivity (Wildman–Crippen MR) is 129 cm³/mol. The zero-order valence-electron chi connectivity index (χ0n) is 17.4. The first-order valence-corrected chi connectivity index (χ1v) is 11.6. The lowest BCUT2D eigenvalue weighted by atomic mass is 10.1. The van der Waals surface area contributed by atoms with Crippen molar-refractivity contribution in [3.8, 4) is 43.8 Å².